The van der Waals surface area contributed by atoms with Crippen molar-refractivity contribution in [2.24, 2.45) is 0 Å². The maximum absolute atomic E-state index is 8.45. The molecule has 0 aliphatic heterocycles. The largest absolute Gasteiger partial charge is 0.398 e. The van der Waals surface area contributed by atoms with E-state index in [-0.39, 0.29) is 6.10 Å². The summed E-state index contributed by atoms with van der Waals surface area (Å²) in [4.78, 5) is 4.27. The molecule has 0 radical (unpaired) electrons. The lowest BCUT2D eigenvalue weighted by molar-refractivity contribution is 0.0950. The van der Waals surface area contributed by atoms with Crippen LogP contribution < -0.4 is 11.5 Å². The third kappa shape index (κ3) is 3.01. The van der Waals surface area contributed by atoms with Gasteiger partial charge in [0.15, 0.2) is 0 Å². The van der Waals surface area contributed by atoms with Gasteiger partial charge in [0.05, 0.1) is 17.3 Å². The number of rotatable bonds is 1. The number of hydrogen-bond acceptors (Lipinski definition) is 5. The van der Waals surface area contributed by atoms with Crippen LogP contribution in [0.3, 0.4) is 0 Å². The first-order chi connectivity index (χ1) is 10.6. The SMILES string of the molecule is Nc1cc(N)c2ccc(-c3ccn[nH]3)cc2n1.OC1CCC1. The van der Waals surface area contributed by atoms with E-state index in [1.807, 2.05) is 24.3 Å². The number of fused-ring (bicyclic) bond motifs is 1. The summed E-state index contributed by atoms with van der Waals surface area (Å²) in [6, 6.07) is 9.42. The summed E-state index contributed by atoms with van der Waals surface area (Å²) in [5.74, 6) is 0.428. The van der Waals surface area contributed by atoms with E-state index >= 15 is 0 Å². The van der Waals surface area contributed by atoms with E-state index in [1.54, 1.807) is 12.3 Å². The highest BCUT2D eigenvalue weighted by Crippen LogP contribution is 2.26. The van der Waals surface area contributed by atoms with E-state index in [1.165, 1.54) is 6.42 Å². The van der Waals surface area contributed by atoms with Crippen molar-refractivity contribution in [2.45, 2.75) is 25.4 Å². The Morgan fingerprint density at radius 2 is 1.91 bits per heavy atom. The number of hydrogen-bond donors (Lipinski definition) is 4. The average molecular weight is 297 g/mol. The third-order valence-corrected chi connectivity index (χ3v) is 3.75. The number of aromatic nitrogens is 3. The van der Waals surface area contributed by atoms with Gasteiger partial charge in [0.25, 0.3) is 0 Å². The van der Waals surface area contributed by atoms with E-state index in [9.17, 15) is 0 Å². The van der Waals surface area contributed by atoms with Crippen LogP contribution in [0.5, 0.6) is 0 Å². The first kappa shape index (κ1) is 14.3. The summed E-state index contributed by atoms with van der Waals surface area (Å²) < 4.78 is 0. The highest BCUT2D eigenvalue weighted by molar-refractivity contribution is 5.93. The minimum Gasteiger partial charge on any atom is -0.398 e. The van der Waals surface area contributed by atoms with Crippen LogP contribution in [-0.4, -0.2) is 26.4 Å². The molecular weight excluding hydrogens is 278 g/mol. The van der Waals surface area contributed by atoms with E-state index < -0.39 is 0 Å². The van der Waals surface area contributed by atoms with Crippen LogP contribution in [0.25, 0.3) is 22.2 Å². The highest BCUT2D eigenvalue weighted by Gasteiger charge is 2.11. The fourth-order valence-corrected chi connectivity index (χ4v) is 2.25. The molecule has 0 atom stereocenters. The van der Waals surface area contributed by atoms with Crippen molar-refractivity contribution in [3.05, 3.63) is 36.5 Å². The molecule has 0 saturated heterocycles. The van der Waals surface area contributed by atoms with E-state index in [0.29, 0.717) is 11.5 Å². The zero-order valence-corrected chi connectivity index (χ0v) is 12.2. The van der Waals surface area contributed by atoms with Crippen LogP contribution in [0, 0.1) is 0 Å². The number of anilines is 2. The molecule has 22 heavy (non-hydrogen) atoms. The monoisotopic (exact) mass is 297 g/mol. The van der Waals surface area contributed by atoms with Crippen LogP contribution in [0.2, 0.25) is 0 Å². The van der Waals surface area contributed by atoms with Gasteiger partial charge in [-0.05, 0) is 31.4 Å². The maximum Gasteiger partial charge on any atom is 0.126 e. The molecule has 6 heteroatoms. The normalized spacial score (nSPS) is 14.2. The summed E-state index contributed by atoms with van der Waals surface area (Å²) >= 11 is 0. The van der Waals surface area contributed by atoms with Crippen molar-refractivity contribution in [1.82, 2.24) is 15.2 Å². The van der Waals surface area contributed by atoms with Crippen LogP contribution in [-0.2, 0) is 0 Å². The van der Waals surface area contributed by atoms with E-state index in [0.717, 1.165) is 35.0 Å². The second-order valence-electron chi connectivity index (χ2n) is 5.42. The number of nitrogens with one attached hydrogen (secondary N) is 1. The van der Waals surface area contributed by atoms with Gasteiger partial charge in [-0.2, -0.15) is 5.10 Å². The van der Waals surface area contributed by atoms with Gasteiger partial charge in [0.1, 0.15) is 5.82 Å². The molecule has 1 aliphatic carbocycles. The predicted octanol–water partition coefficient (Wildman–Crippen LogP) is 2.32. The summed E-state index contributed by atoms with van der Waals surface area (Å²) in [5, 5.41) is 16.2. The number of H-pyrrole nitrogens is 1. The van der Waals surface area contributed by atoms with Gasteiger partial charge >= 0.3 is 0 Å². The summed E-state index contributed by atoms with van der Waals surface area (Å²) in [5.41, 5.74) is 14.9. The lowest BCUT2D eigenvalue weighted by Crippen LogP contribution is -2.15. The van der Waals surface area contributed by atoms with Crippen molar-refractivity contribution in [1.29, 1.82) is 0 Å². The number of nitrogen functional groups attached to an aromatic ring is 2. The lowest BCUT2D eigenvalue weighted by Gasteiger charge is -2.17. The molecule has 4 rings (SSSR count). The second kappa shape index (κ2) is 6.03. The Bertz CT molecular complexity index is 766. The zero-order chi connectivity index (χ0) is 15.5. The highest BCUT2D eigenvalue weighted by atomic mass is 16.3. The topological polar surface area (TPSA) is 114 Å². The molecular formula is C16H19N5O. The molecule has 0 spiro atoms. The zero-order valence-electron chi connectivity index (χ0n) is 12.2. The van der Waals surface area contributed by atoms with Crippen molar-refractivity contribution in [2.75, 3.05) is 11.5 Å². The van der Waals surface area contributed by atoms with Gasteiger partial charge in [0, 0.05) is 28.9 Å². The molecule has 1 aromatic carbocycles. The van der Waals surface area contributed by atoms with Gasteiger partial charge in [-0.3, -0.25) is 5.10 Å². The smallest absolute Gasteiger partial charge is 0.126 e. The Labute approximate surface area is 128 Å². The van der Waals surface area contributed by atoms with Crippen LogP contribution in [0.15, 0.2) is 36.5 Å². The van der Waals surface area contributed by atoms with Gasteiger partial charge in [-0.15, -0.1) is 0 Å². The Morgan fingerprint density at radius 1 is 1.14 bits per heavy atom. The van der Waals surface area contributed by atoms with Gasteiger partial charge < -0.3 is 16.6 Å². The molecule has 2 heterocycles. The van der Waals surface area contributed by atoms with Crippen molar-refractivity contribution >= 4 is 22.4 Å². The molecule has 114 valence electrons. The average Bonchev–Trinajstić information content (AvgIpc) is 2.99. The standard InChI is InChI=1S/C12H11N5.C4H8O/c13-9-6-12(14)16-11-5-7(1-2-8(9)11)10-3-4-15-17-10;5-4-2-1-3-4/h1-6H,(H,15,17)(H4,13,14,16);4-5H,1-3H2. The van der Waals surface area contributed by atoms with Crippen LogP contribution in [0.1, 0.15) is 19.3 Å². The number of nitrogens with two attached hydrogens (primary N) is 2. The number of pyridine rings is 1. The summed E-state index contributed by atoms with van der Waals surface area (Å²) in [6.07, 6.45) is 5.09. The molecule has 1 saturated carbocycles. The number of benzene rings is 1. The lowest BCUT2D eigenvalue weighted by atomic mass is 9.97. The molecule has 0 bridgehead atoms. The number of aliphatic hydroxyl groups is 1. The number of aliphatic hydroxyl groups excluding tert-OH is 1. The van der Waals surface area contributed by atoms with Crippen LogP contribution >= 0.6 is 0 Å². The first-order valence-electron chi connectivity index (χ1n) is 7.27. The molecule has 0 amide bonds. The maximum atomic E-state index is 8.45. The molecule has 6 nitrogen and oxygen atoms in total. The minimum atomic E-state index is 0.0648. The van der Waals surface area contributed by atoms with Gasteiger partial charge in [-0.25, -0.2) is 4.98 Å². The number of aromatic amines is 1. The molecule has 6 N–H and O–H groups in total. The Hall–Kier alpha value is -2.60. The summed E-state index contributed by atoms with van der Waals surface area (Å²) in [6.45, 7) is 0. The van der Waals surface area contributed by atoms with E-state index in [4.69, 9.17) is 16.6 Å². The van der Waals surface area contributed by atoms with Crippen LogP contribution in [0.4, 0.5) is 11.5 Å². The van der Waals surface area contributed by atoms with Gasteiger partial charge in [-0.1, -0.05) is 12.1 Å². The molecule has 0 unspecified atom stereocenters. The fourth-order valence-electron chi connectivity index (χ4n) is 2.25. The molecule has 1 aliphatic rings. The Balaban J connectivity index is 0.000000246. The second-order valence-corrected chi connectivity index (χ2v) is 5.42. The Morgan fingerprint density at radius 3 is 2.50 bits per heavy atom. The molecule has 1 fully saturated rings. The molecule has 2 aromatic heterocycles. The van der Waals surface area contributed by atoms with Gasteiger partial charge in [0.2, 0.25) is 0 Å². The summed E-state index contributed by atoms with van der Waals surface area (Å²) in [7, 11) is 0. The Kier molecular flexibility index (Phi) is 3.93. The predicted molar refractivity (Wildman–Crippen MR) is 88.0 cm³/mol. The quantitative estimate of drug-likeness (QED) is 0.550. The van der Waals surface area contributed by atoms with Crippen molar-refractivity contribution in [3.8, 4) is 11.3 Å². The van der Waals surface area contributed by atoms with Crippen molar-refractivity contribution < 1.29 is 5.11 Å². The van der Waals surface area contributed by atoms with Crippen molar-refractivity contribution in [3.63, 3.8) is 0 Å². The molecule has 3 aromatic rings. The minimum absolute atomic E-state index is 0.0648. The first-order valence-corrected chi connectivity index (χ1v) is 7.27. The third-order valence-electron chi connectivity index (χ3n) is 3.75. The number of nitrogens with zero attached hydrogens (tertiary/aromatic N) is 2. The fraction of sp³-hybridized carbons (Fsp3) is 0.250. The van der Waals surface area contributed by atoms with E-state index in [2.05, 4.69) is 15.2 Å².